The molecule has 0 saturated heterocycles. The van der Waals surface area contributed by atoms with E-state index in [2.05, 4.69) is 33.6 Å². The van der Waals surface area contributed by atoms with Crippen LogP contribution in [0, 0.1) is 11.8 Å². The molecule has 0 aromatic carbocycles. The third kappa shape index (κ3) is 2.97. The van der Waals surface area contributed by atoms with Gasteiger partial charge in [-0.2, -0.15) is 0 Å². The van der Waals surface area contributed by atoms with Crippen LogP contribution in [0.1, 0.15) is 32.6 Å². The molecule has 0 radical (unpaired) electrons. The number of rotatable bonds is 2. The number of aliphatic carboxylic acids is 1. The minimum Gasteiger partial charge on any atom is -0.481 e. The standard InChI is InChI=1S/C10H15IO2/c1-7(6-11)8-2-4-9(5-3-8)10(12)13/h6,8-9H,2-5H2,1H3,(H,12,13)/b7-6+. The fraction of sp³-hybridized carbons (Fsp3) is 0.700. The number of halogens is 1. The normalized spacial score (nSPS) is 30.2. The monoisotopic (exact) mass is 294 g/mol. The van der Waals surface area contributed by atoms with Crippen molar-refractivity contribution in [3.05, 3.63) is 9.66 Å². The smallest absolute Gasteiger partial charge is 0.306 e. The van der Waals surface area contributed by atoms with Crippen LogP contribution in [0.4, 0.5) is 0 Å². The topological polar surface area (TPSA) is 37.3 Å². The first-order chi connectivity index (χ1) is 6.15. The van der Waals surface area contributed by atoms with Crippen molar-refractivity contribution in [3.8, 4) is 0 Å². The number of carboxylic acid groups (broad SMARTS) is 1. The number of carbonyl (C=O) groups is 1. The summed E-state index contributed by atoms with van der Waals surface area (Å²) < 4.78 is 2.11. The summed E-state index contributed by atoms with van der Waals surface area (Å²) in [5.41, 5.74) is 1.41. The van der Waals surface area contributed by atoms with Gasteiger partial charge in [0.15, 0.2) is 0 Å². The molecule has 1 saturated carbocycles. The molecule has 1 rings (SSSR count). The Labute approximate surface area is 92.5 Å². The molecule has 1 N–H and O–H groups in total. The molecule has 0 spiro atoms. The molecular weight excluding hydrogens is 279 g/mol. The zero-order chi connectivity index (χ0) is 9.84. The van der Waals surface area contributed by atoms with E-state index in [4.69, 9.17) is 5.11 Å². The van der Waals surface area contributed by atoms with Crippen LogP contribution in [-0.2, 0) is 4.79 Å². The second-order valence-electron chi connectivity index (χ2n) is 3.74. The Kier molecular flexibility index (Phi) is 4.22. The molecule has 0 heterocycles. The van der Waals surface area contributed by atoms with Gasteiger partial charge in [0.1, 0.15) is 0 Å². The van der Waals surface area contributed by atoms with Crippen LogP contribution < -0.4 is 0 Å². The van der Waals surface area contributed by atoms with Gasteiger partial charge in [0.2, 0.25) is 0 Å². The molecule has 2 nitrogen and oxygen atoms in total. The predicted octanol–water partition coefficient (Wildman–Crippen LogP) is 3.22. The molecule has 0 aromatic heterocycles. The van der Waals surface area contributed by atoms with E-state index < -0.39 is 5.97 Å². The number of hydrogen-bond donors (Lipinski definition) is 1. The van der Waals surface area contributed by atoms with E-state index in [1.807, 2.05) is 0 Å². The Morgan fingerprint density at radius 2 is 1.77 bits per heavy atom. The van der Waals surface area contributed by atoms with Crippen LogP contribution in [0.5, 0.6) is 0 Å². The van der Waals surface area contributed by atoms with Crippen molar-refractivity contribution in [3.63, 3.8) is 0 Å². The zero-order valence-electron chi connectivity index (χ0n) is 7.79. The molecule has 1 aliphatic carbocycles. The molecule has 3 heteroatoms. The lowest BCUT2D eigenvalue weighted by Gasteiger charge is -2.26. The lowest BCUT2D eigenvalue weighted by molar-refractivity contribution is -0.143. The van der Waals surface area contributed by atoms with Crippen molar-refractivity contribution in [2.75, 3.05) is 0 Å². The van der Waals surface area contributed by atoms with E-state index in [-0.39, 0.29) is 5.92 Å². The fourth-order valence-electron chi connectivity index (χ4n) is 1.88. The number of allylic oxidation sites excluding steroid dienone is 1. The quantitative estimate of drug-likeness (QED) is 0.794. The molecule has 0 atom stereocenters. The first-order valence-corrected chi connectivity index (χ1v) is 5.89. The second-order valence-corrected chi connectivity index (χ2v) is 4.36. The highest BCUT2D eigenvalue weighted by Gasteiger charge is 2.26. The summed E-state index contributed by atoms with van der Waals surface area (Å²) in [6.45, 7) is 2.14. The summed E-state index contributed by atoms with van der Waals surface area (Å²) in [5.74, 6) is -0.0692. The Balaban J connectivity index is 2.43. The van der Waals surface area contributed by atoms with Crippen molar-refractivity contribution in [1.29, 1.82) is 0 Å². The SMILES string of the molecule is C/C(=C\I)C1CCC(C(=O)O)CC1. The van der Waals surface area contributed by atoms with Crippen molar-refractivity contribution in [2.24, 2.45) is 11.8 Å². The van der Waals surface area contributed by atoms with Gasteiger partial charge in [0.25, 0.3) is 0 Å². The molecule has 13 heavy (non-hydrogen) atoms. The van der Waals surface area contributed by atoms with Gasteiger partial charge in [0, 0.05) is 0 Å². The number of carboxylic acids is 1. The van der Waals surface area contributed by atoms with Crippen molar-refractivity contribution >= 4 is 28.6 Å². The van der Waals surface area contributed by atoms with Gasteiger partial charge >= 0.3 is 5.97 Å². The van der Waals surface area contributed by atoms with Crippen LogP contribution in [0.2, 0.25) is 0 Å². The maximum atomic E-state index is 10.7. The van der Waals surface area contributed by atoms with E-state index in [1.165, 1.54) is 5.57 Å². The second kappa shape index (κ2) is 4.98. The summed E-state index contributed by atoms with van der Waals surface area (Å²) in [5, 5.41) is 8.80. The van der Waals surface area contributed by atoms with E-state index in [0.29, 0.717) is 5.92 Å². The molecule has 0 aliphatic heterocycles. The van der Waals surface area contributed by atoms with Crippen molar-refractivity contribution in [2.45, 2.75) is 32.6 Å². The predicted molar refractivity (Wildman–Crippen MR) is 60.9 cm³/mol. The van der Waals surface area contributed by atoms with Crippen LogP contribution in [0.25, 0.3) is 0 Å². The van der Waals surface area contributed by atoms with Gasteiger partial charge in [0.05, 0.1) is 5.92 Å². The summed E-state index contributed by atoms with van der Waals surface area (Å²) in [6, 6.07) is 0. The van der Waals surface area contributed by atoms with Gasteiger partial charge in [-0.25, -0.2) is 0 Å². The first kappa shape index (κ1) is 11.0. The van der Waals surface area contributed by atoms with E-state index in [9.17, 15) is 4.79 Å². The Morgan fingerprint density at radius 1 is 1.31 bits per heavy atom. The Morgan fingerprint density at radius 3 is 2.15 bits per heavy atom. The number of hydrogen-bond acceptors (Lipinski definition) is 1. The molecule has 1 fully saturated rings. The van der Waals surface area contributed by atoms with Gasteiger partial charge in [-0.05, 0) is 42.6 Å². The van der Waals surface area contributed by atoms with Gasteiger partial charge in [-0.3, -0.25) is 4.79 Å². The van der Waals surface area contributed by atoms with Crippen LogP contribution >= 0.6 is 22.6 Å². The molecule has 0 bridgehead atoms. The van der Waals surface area contributed by atoms with E-state index in [0.717, 1.165) is 25.7 Å². The highest BCUT2D eigenvalue weighted by molar-refractivity contribution is 14.1. The Bertz CT molecular complexity index is 215. The zero-order valence-corrected chi connectivity index (χ0v) is 9.95. The third-order valence-corrected chi connectivity index (χ3v) is 3.87. The molecule has 74 valence electrons. The minimum atomic E-state index is -0.616. The largest absolute Gasteiger partial charge is 0.481 e. The Hall–Kier alpha value is -0.0600. The maximum absolute atomic E-state index is 10.7. The summed E-state index contributed by atoms with van der Waals surface area (Å²) >= 11 is 2.26. The first-order valence-electron chi connectivity index (χ1n) is 4.64. The molecule has 1 aliphatic rings. The van der Waals surface area contributed by atoms with Crippen LogP contribution in [0.3, 0.4) is 0 Å². The van der Waals surface area contributed by atoms with Gasteiger partial charge in [-0.1, -0.05) is 28.2 Å². The molecule has 0 aromatic rings. The van der Waals surface area contributed by atoms with Crippen LogP contribution in [0.15, 0.2) is 9.66 Å². The summed E-state index contributed by atoms with van der Waals surface area (Å²) in [7, 11) is 0. The fourth-order valence-corrected chi connectivity index (χ4v) is 2.39. The molecule has 0 unspecified atom stereocenters. The average Bonchev–Trinajstić information content (AvgIpc) is 2.17. The van der Waals surface area contributed by atoms with Crippen molar-refractivity contribution in [1.82, 2.24) is 0 Å². The van der Waals surface area contributed by atoms with Gasteiger partial charge in [-0.15, -0.1) is 0 Å². The highest BCUT2D eigenvalue weighted by Crippen LogP contribution is 2.33. The van der Waals surface area contributed by atoms with Gasteiger partial charge < -0.3 is 5.11 Å². The third-order valence-electron chi connectivity index (χ3n) is 2.89. The average molecular weight is 294 g/mol. The lowest BCUT2D eigenvalue weighted by atomic mass is 9.79. The molecule has 0 amide bonds. The van der Waals surface area contributed by atoms with E-state index >= 15 is 0 Å². The molecular formula is C10H15IO2. The van der Waals surface area contributed by atoms with Crippen LogP contribution in [-0.4, -0.2) is 11.1 Å². The van der Waals surface area contributed by atoms with Crippen molar-refractivity contribution < 1.29 is 9.90 Å². The van der Waals surface area contributed by atoms with E-state index in [1.54, 1.807) is 0 Å². The highest BCUT2D eigenvalue weighted by atomic mass is 127. The maximum Gasteiger partial charge on any atom is 0.306 e. The summed E-state index contributed by atoms with van der Waals surface area (Å²) in [6.07, 6.45) is 3.79. The lowest BCUT2D eigenvalue weighted by Crippen LogP contribution is -2.21. The minimum absolute atomic E-state index is 0.0849. The summed E-state index contributed by atoms with van der Waals surface area (Å²) in [4.78, 5) is 10.7.